The number of hydrogen-bond acceptors (Lipinski definition) is 2. The average Bonchev–Trinajstić information content (AvgIpc) is 2.25. The first-order valence-corrected chi connectivity index (χ1v) is 5.44. The van der Waals surface area contributed by atoms with Crippen molar-refractivity contribution in [2.45, 2.75) is 39.7 Å². The molecule has 15 heavy (non-hydrogen) atoms. The molecule has 0 heterocycles. The van der Waals surface area contributed by atoms with E-state index in [9.17, 15) is 0 Å². The van der Waals surface area contributed by atoms with Crippen molar-refractivity contribution in [1.82, 2.24) is 0 Å². The standard InChI is InChI=1S/C13H18NO/c1-3-4-7-10-14-15-11-13-9-6-5-8-12(13)2/h5-6,8-9H,3-4,7,11H2,1-2H3. The summed E-state index contributed by atoms with van der Waals surface area (Å²) in [4.78, 5) is 5.16. The summed E-state index contributed by atoms with van der Waals surface area (Å²) in [5.41, 5.74) is 2.42. The lowest BCUT2D eigenvalue weighted by atomic mass is 10.1. The van der Waals surface area contributed by atoms with Crippen LogP contribution in [0.2, 0.25) is 0 Å². The zero-order chi connectivity index (χ0) is 10.9. The van der Waals surface area contributed by atoms with Gasteiger partial charge in [-0.3, -0.25) is 0 Å². The van der Waals surface area contributed by atoms with Gasteiger partial charge in [-0.25, -0.2) is 0 Å². The number of benzene rings is 1. The van der Waals surface area contributed by atoms with Crippen LogP contribution >= 0.6 is 0 Å². The van der Waals surface area contributed by atoms with E-state index in [4.69, 9.17) is 4.84 Å². The molecule has 0 aliphatic heterocycles. The van der Waals surface area contributed by atoms with Gasteiger partial charge in [0.05, 0.1) is 0 Å². The van der Waals surface area contributed by atoms with Crippen molar-refractivity contribution in [3.8, 4) is 0 Å². The van der Waals surface area contributed by atoms with E-state index < -0.39 is 0 Å². The highest BCUT2D eigenvalue weighted by molar-refractivity contribution is 5.56. The summed E-state index contributed by atoms with van der Waals surface area (Å²) in [5, 5.41) is 3.80. The maximum absolute atomic E-state index is 5.16. The third-order valence-electron chi connectivity index (χ3n) is 2.25. The van der Waals surface area contributed by atoms with E-state index in [0.29, 0.717) is 6.61 Å². The van der Waals surface area contributed by atoms with Crippen LogP contribution in [0.4, 0.5) is 0 Å². The molecular weight excluding hydrogens is 186 g/mol. The van der Waals surface area contributed by atoms with Crippen molar-refractivity contribution in [3.05, 3.63) is 35.4 Å². The molecule has 0 N–H and O–H groups in total. The van der Waals surface area contributed by atoms with Crippen LogP contribution in [0.25, 0.3) is 0 Å². The number of rotatable bonds is 6. The topological polar surface area (TPSA) is 21.6 Å². The predicted molar refractivity (Wildman–Crippen MR) is 62.9 cm³/mol. The van der Waals surface area contributed by atoms with E-state index in [2.05, 4.69) is 37.4 Å². The fraction of sp³-hybridized carbons (Fsp3) is 0.462. The smallest absolute Gasteiger partial charge is 0.142 e. The second-order valence-electron chi connectivity index (χ2n) is 3.55. The van der Waals surface area contributed by atoms with Gasteiger partial charge >= 0.3 is 0 Å². The fourth-order valence-electron chi connectivity index (χ4n) is 1.22. The van der Waals surface area contributed by atoms with Gasteiger partial charge in [0.25, 0.3) is 0 Å². The van der Waals surface area contributed by atoms with Gasteiger partial charge < -0.3 is 4.84 Å². The molecule has 2 nitrogen and oxygen atoms in total. The fourth-order valence-corrected chi connectivity index (χ4v) is 1.22. The number of aryl methyl sites for hydroxylation is 1. The van der Waals surface area contributed by atoms with Crippen LogP contribution in [0.5, 0.6) is 0 Å². The molecule has 0 aromatic heterocycles. The number of hydrogen-bond donors (Lipinski definition) is 0. The monoisotopic (exact) mass is 204 g/mol. The van der Waals surface area contributed by atoms with Crippen LogP contribution in [-0.2, 0) is 11.4 Å². The third-order valence-corrected chi connectivity index (χ3v) is 2.25. The molecule has 0 amide bonds. The minimum atomic E-state index is 0.534. The van der Waals surface area contributed by atoms with E-state index in [-0.39, 0.29) is 0 Å². The van der Waals surface area contributed by atoms with Gasteiger partial charge in [-0.1, -0.05) is 42.8 Å². The quantitative estimate of drug-likeness (QED) is 0.394. The molecule has 0 saturated heterocycles. The molecule has 0 spiro atoms. The zero-order valence-electron chi connectivity index (χ0n) is 9.49. The van der Waals surface area contributed by atoms with E-state index in [1.54, 1.807) is 0 Å². The minimum absolute atomic E-state index is 0.534. The maximum Gasteiger partial charge on any atom is 0.142 e. The van der Waals surface area contributed by atoms with Gasteiger partial charge in [-0.05, 0) is 30.9 Å². The van der Waals surface area contributed by atoms with Crippen molar-refractivity contribution < 1.29 is 4.84 Å². The van der Waals surface area contributed by atoms with Crippen molar-refractivity contribution >= 4 is 6.21 Å². The van der Waals surface area contributed by atoms with Gasteiger partial charge in [-0.2, -0.15) is 0 Å². The van der Waals surface area contributed by atoms with E-state index in [1.165, 1.54) is 17.5 Å². The lowest BCUT2D eigenvalue weighted by molar-refractivity contribution is 0.131. The molecule has 0 aliphatic rings. The van der Waals surface area contributed by atoms with E-state index >= 15 is 0 Å². The normalized spacial score (nSPS) is 10.8. The second-order valence-corrected chi connectivity index (χ2v) is 3.55. The van der Waals surface area contributed by atoms with Crippen LogP contribution in [0, 0.1) is 6.92 Å². The second kappa shape index (κ2) is 7.04. The Morgan fingerprint density at radius 3 is 2.87 bits per heavy atom. The molecule has 81 valence electrons. The third kappa shape index (κ3) is 4.63. The molecule has 1 radical (unpaired) electrons. The Kier molecular flexibility index (Phi) is 5.52. The van der Waals surface area contributed by atoms with E-state index in [1.807, 2.05) is 12.1 Å². The van der Waals surface area contributed by atoms with Gasteiger partial charge in [0.1, 0.15) is 12.8 Å². The highest BCUT2D eigenvalue weighted by atomic mass is 16.6. The first kappa shape index (κ1) is 11.8. The maximum atomic E-state index is 5.16. The van der Waals surface area contributed by atoms with E-state index in [0.717, 1.165) is 12.8 Å². The average molecular weight is 204 g/mol. The Morgan fingerprint density at radius 1 is 1.33 bits per heavy atom. The summed E-state index contributed by atoms with van der Waals surface area (Å²) in [5.74, 6) is 0. The summed E-state index contributed by atoms with van der Waals surface area (Å²) in [7, 11) is 0. The summed E-state index contributed by atoms with van der Waals surface area (Å²) < 4.78 is 0. The Morgan fingerprint density at radius 2 is 2.13 bits per heavy atom. The van der Waals surface area contributed by atoms with Crippen LogP contribution in [0.1, 0.15) is 37.3 Å². The Bertz CT molecular complexity index is 307. The van der Waals surface area contributed by atoms with Crippen molar-refractivity contribution in [2.24, 2.45) is 5.16 Å². The largest absolute Gasteiger partial charge is 0.391 e. The highest BCUT2D eigenvalue weighted by Gasteiger charge is 1.95. The van der Waals surface area contributed by atoms with Crippen molar-refractivity contribution in [2.75, 3.05) is 0 Å². The summed E-state index contributed by atoms with van der Waals surface area (Å²) >= 11 is 0. The van der Waals surface area contributed by atoms with Crippen molar-refractivity contribution in [1.29, 1.82) is 0 Å². The Labute approximate surface area is 91.9 Å². The first-order chi connectivity index (χ1) is 7.34. The Balaban J connectivity index is 2.26. The molecule has 1 aromatic rings. The van der Waals surface area contributed by atoms with Gasteiger partial charge in [0.15, 0.2) is 0 Å². The molecular formula is C13H18NO. The molecule has 0 fully saturated rings. The SMILES string of the molecule is CCCC/[C]=N/OCc1ccccc1C. The minimum Gasteiger partial charge on any atom is -0.391 e. The predicted octanol–water partition coefficient (Wildman–Crippen LogP) is 3.56. The molecule has 0 saturated carbocycles. The molecule has 1 rings (SSSR count). The molecule has 0 bridgehead atoms. The van der Waals surface area contributed by atoms with Gasteiger partial charge in [0.2, 0.25) is 0 Å². The lowest BCUT2D eigenvalue weighted by Gasteiger charge is -2.02. The molecule has 2 heteroatoms. The lowest BCUT2D eigenvalue weighted by Crippen LogP contribution is -1.90. The van der Waals surface area contributed by atoms with Crippen LogP contribution < -0.4 is 0 Å². The summed E-state index contributed by atoms with van der Waals surface area (Å²) in [6.45, 7) is 4.75. The Hall–Kier alpha value is -1.31. The van der Waals surface area contributed by atoms with Crippen LogP contribution in [0.15, 0.2) is 29.4 Å². The summed E-state index contributed by atoms with van der Waals surface area (Å²) in [6.07, 6.45) is 6.05. The number of unbranched alkanes of at least 4 members (excludes halogenated alkanes) is 2. The highest BCUT2D eigenvalue weighted by Crippen LogP contribution is 2.08. The zero-order valence-corrected chi connectivity index (χ0v) is 9.49. The molecule has 0 atom stereocenters. The summed E-state index contributed by atoms with van der Waals surface area (Å²) in [6, 6.07) is 8.16. The van der Waals surface area contributed by atoms with Crippen LogP contribution in [-0.4, -0.2) is 6.21 Å². The number of nitrogens with zero attached hydrogens (tertiary/aromatic N) is 1. The molecule has 0 aliphatic carbocycles. The first-order valence-electron chi connectivity index (χ1n) is 5.44. The van der Waals surface area contributed by atoms with Crippen molar-refractivity contribution in [3.63, 3.8) is 0 Å². The van der Waals surface area contributed by atoms with Gasteiger partial charge in [0, 0.05) is 0 Å². The molecule has 0 unspecified atom stereocenters. The van der Waals surface area contributed by atoms with Gasteiger partial charge in [-0.15, -0.1) is 0 Å². The van der Waals surface area contributed by atoms with Crippen LogP contribution in [0.3, 0.4) is 0 Å². The molecule has 1 aromatic carbocycles.